The summed E-state index contributed by atoms with van der Waals surface area (Å²) in [5.74, 6) is 1.80. The first kappa shape index (κ1) is 14.0. The van der Waals surface area contributed by atoms with Gasteiger partial charge in [-0.1, -0.05) is 73.6 Å². The summed E-state index contributed by atoms with van der Waals surface area (Å²) >= 11 is 0. The molecule has 0 fully saturated rings. The molecule has 0 bridgehead atoms. The van der Waals surface area contributed by atoms with E-state index < -0.39 is 0 Å². The smallest absolute Gasteiger partial charge is 0.0329 e. The molecule has 0 aromatic rings. The molecule has 0 aliphatic rings. The molecular weight excluding hydrogens is 168 g/mol. The number of unbranched alkanes of at least 4 members (excludes halogenated alkanes) is 1. The summed E-state index contributed by atoms with van der Waals surface area (Å²) in [7, 11) is 0. The van der Waals surface area contributed by atoms with E-state index in [2.05, 4.69) is 41.5 Å². The molecule has 2 atom stereocenters. The van der Waals surface area contributed by atoms with Crippen LogP contribution in [0.15, 0.2) is 0 Å². The van der Waals surface area contributed by atoms with Crippen molar-refractivity contribution in [2.75, 3.05) is 0 Å². The Labute approximate surface area is 91.5 Å². The van der Waals surface area contributed by atoms with Crippen molar-refractivity contribution in [1.29, 1.82) is 0 Å². The van der Waals surface area contributed by atoms with Crippen LogP contribution >= 0.6 is 0 Å². The quantitative estimate of drug-likeness (QED) is 0.522. The molecule has 2 unspecified atom stereocenters. The van der Waals surface area contributed by atoms with Gasteiger partial charge in [0.1, 0.15) is 0 Å². The van der Waals surface area contributed by atoms with Crippen LogP contribution in [-0.4, -0.2) is 0 Å². The maximum Gasteiger partial charge on any atom is -0.0329 e. The third-order valence-corrected chi connectivity index (χ3v) is 4.30. The predicted octanol–water partition coefficient (Wildman–Crippen LogP) is 5.28. The summed E-state index contributed by atoms with van der Waals surface area (Å²) in [6.45, 7) is 14.3. The first-order valence-corrected chi connectivity index (χ1v) is 6.49. The van der Waals surface area contributed by atoms with Gasteiger partial charge in [0, 0.05) is 0 Å². The lowest BCUT2D eigenvalue weighted by molar-refractivity contribution is 0.137. The van der Waals surface area contributed by atoms with E-state index in [0.717, 1.165) is 11.8 Å². The molecule has 0 N–H and O–H groups in total. The second kappa shape index (κ2) is 6.48. The first-order valence-electron chi connectivity index (χ1n) is 6.49. The van der Waals surface area contributed by atoms with E-state index in [-0.39, 0.29) is 0 Å². The summed E-state index contributed by atoms with van der Waals surface area (Å²) in [6, 6.07) is 0. The molecule has 0 aliphatic carbocycles. The Hall–Kier alpha value is 0. The molecule has 0 heterocycles. The maximum atomic E-state index is 2.45. The monoisotopic (exact) mass is 198 g/mol. The topological polar surface area (TPSA) is 0 Å². The van der Waals surface area contributed by atoms with Gasteiger partial charge in [0.15, 0.2) is 0 Å². The van der Waals surface area contributed by atoms with E-state index in [9.17, 15) is 0 Å². The first-order chi connectivity index (χ1) is 6.49. The van der Waals surface area contributed by atoms with E-state index in [1.165, 1.54) is 32.1 Å². The molecule has 14 heavy (non-hydrogen) atoms. The molecule has 0 heteroatoms. The molecule has 0 radical (unpaired) electrons. The van der Waals surface area contributed by atoms with E-state index >= 15 is 0 Å². The highest BCUT2D eigenvalue weighted by molar-refractivity contribution is 4.79. The van der Waals surface area contributed by atoms with Gasteiger partial charge in [0.05, 0.1) is 0 Å². The van der Waals surface area contributed by atoms with Crippen molar-refractivity contribution in [2.24, 2.45) is 17.3 Å². The molecular formula is C14H30. The van der Waals surface area contributed by atoms with Crippen molar-refractivity contribution >= 4 is 0 Å². The van der Waals surface area contributed by atoms with Crippen molar-refractivity contribution < 1.29 is 0 Å². The average Bonchev–Trinajstić information content (AvgIpc) is 2.18. The van der Waals surface area contributed by atoms with Crippen molar-refractivity contribution in [3.8, 4) is 0 Å². The van der Waals surface area contributed by atoms with Crippen molar-refractivity contribution in [2.45, 2.75) is 73.6 Å². The second-order valence-corrected chi connectivity index (χ2v) is 5.44. The molecule has 0 aliphatic heterocycles. The maximum absolute atomic E-state index is 2.45. The SMILES string of the molecule is CCCCC(CC)C(C)C(C)(C)CC. The molecule has 0 nitrogen and oxygen atoms in total. The fourth-order valence-corrected chi connectivity index (χ4v) is 2.23. The molecule has 0 saturated heterocycles. The van der Waals surface area contributed by atoms with Gasteiger partial charge in [-0.25, -0.2) is 0 Å². The van der Waals surface area contributed by atoms with Gasteiger partial charge in [-0.2, -0.15) is 0 Å². The highest BCUT2D eigenvalue weighted by atomic mass is 14.3. The van der Waals surface area contributed by atoms with Crippen molar-refractivity contribution in [3.63, 3.8) is 0 Å². The normalized spacial score (nSPS) is 16.7. The van der Waals surface area contributed by atoms with Gasteiger partial charge in [0.25, 0.3) is 0 Å². The van der Waals surface area contributed by atoms with Gasteiger partial charge < -0.3 is 0 Å². The molecule has 0 spiro atoms. The zero-order chi connectivity index (χ0) is 11.2. The van der Waals surface area contributed by atoms with Gasteiger partial charge in [-0.15, -0.1) is 0 Å². The Kier molecular flexibility index (Phi) is 6.48. The third-order valence-electron chi connectivity index (χ3n) is 4.30. The molecule has 0 amide bonds. The van der Waals surface area contributed by atoms with Crippen LogP contribution in [0.2, 0.25) is 0 Å². The molecule has 86 valence electrons. The zero-order valence-electron chi connectivity index (χ0n) is 11.2. The molecule has 0 aromatic carbocycles. The van der Waals surface area contributed by atoms with Crippen LogP contribution in [0.3, 0.4) is 0 Å². The van der Waals surface area contributed by atoms with Crippen LogP contribution in [0.5, 0.6) is 0 Å². The number of hydrogen-bond acceptors (Lipinski definition) is 0. The summed E-state index contributed by atoms with van der Waals surface area (Å²) in [6.07, 6.45) is 6.83. The fourth-order valence-electron chi connectivity index (χ4n) is 2.23. The molecule has 0 saturated carbocycles. The fraction of sp³-hybridized carbons (Fsp3) is 1.00. The van der Waals surface area contributed by atoms with Crippen LogP contribution < -0.4 is 0 Å². The Morgan fingerprint density at radius 3 is 2.00 bits per heavy atom. The Balaban J connectivity index is 4.22. The van der Waals surface area contributed by atoms with Crippen LogP contribution in [0.4, 0.5) is 0 Å². The van der Waals surface area contributed by atoms with Gasteiger partial charge in [-0.05, 0) is 17.3 Å². The van der Waals surface area contributed by atoms with E-state index in [1.807, 2.05) is 0 Å². The van der Waals surface area contributed by atoms with Crippen molar-refractivity contribution in [3.05, 3.63) is 0 Å². The lowest BCUT2D eigenvalue weighted by Gasteiger charge is -2.36. The van der Waals surface area contributed by atoms with Gasteiger partial charge >= 0.3 is 0 Å². The highest BCUT2D eigenvalue weighted by Crippen LogP contribution is 2.38. The molecule has 0 aromatic heterocycles. The average molecular weight is 198 g/mol. The second-order valence-electron chi connectivity index (χ2n) is 5.44. The zero-order valence-corrected chi connectivity index (χ0v) is 11.2. The number of hydrogen-bond donors (Lipinski definition) is 0. The Morgan fingerprint density at radius 2 is 1.64 bits per heavy atom. The van der Waals surface area contributed by atoms with Crippen LogP contribution in [-0.2, 0) is 0 Å². The van der Waals surface area contributed by atoms with E-state index in [4.69, 9.17) is 0 Å². The summed E-state index contributed by atoms with van der Waals surface area (Å²) < 4.78 is 0. The van der Waals surface area contributed by atoms with Crippen LogP contribution in [0, 0.1) is 17.3 Å². The minimum Gasteiger partial charge on any atom is -0.0654 e. The molecule has 0 rings (SSSR count). The summed E-state index contributed by atoms with van der Waals surface area (Å²) in [5.41, 5.74) is 0.522. The van der Waals surface area contributed by atoms with Crippen LogP contribution in [0.1, 0.15) is 73.6 Å². The lowest BCUT2D eigenvalue weighted by atomic mass is 9.69. The summed E-state index contributed by atoms with van der Waals surface area (Å²) in [4.78, 5) is 0. The third kappa shape index (κ3) is 4.02. The van der Waals surface area contributed by atoms with E-state index in [0.29, 0.717) is 5.41 Å². The number of rotatable bonds is 7. The van der Waals surface area contributed by atoms with Gasteiger partial charge in [0.2, 0.25) is 0 Å². The highest BCUT2D eigenvalue weighted by Gasteiger charge is 2.29. The largest absolute Gasteiger partial charge is 0.0654 e. The summed E-state index contributed by atoms with van der Waals surface area (Å²) in [5, 5.41) is 0. The predicted molar refractivity (Wildman–Crippen MR) is 66.5 cm³/mol. The Bertz CT molecular complexity index is 135. The standard InChI is InChI=1S/C14H30/c1-7-10-11-13(8-2)12(4)14(5,6)9-3/h12-13H,7-11H2,1-6H3. The minimum absolute atomic E-state index is 0.522. The van der Waals surface area contributed by atoms with Gasteiger partial charge in [-0.3, -0.25) is 0 Å². The lowest BCUT2D eigenvalue weighted by Crippen LogP contribution is -2.27. The Morgan fingerprint density at radius 1 is 1.07 bits per heavy atom. The van der Waals surface area contributed by atoms with Crippen molar-refractivity contribution in [1.82, 2.24) is 0 Å². The van der Waals surface area contributed by atoms with E-state index in [1.54, 1.807) is 0 Å². The minimum atomic E-state index is 0.522. The van der Waals surface area contributed by atoms with Crippen LogP contribution in [0.25, 0.3) is 0 Å².